The summed E-state index contributed by atoms with van der Waals surface area (Å²) in [6.45, 7) is 7.50. The molecule has 0 bridgehead atoms. The molecule has 1 N–H and O–H groups in total. The molecule has 0 unspecified atom stereocenters. The van der Waals surface area contributed by atoms with Crippen molar-refractivity contribution in [3.63, 3.8) is 0 Å². The molecule has 4 heterocycles. The van der Waals surface area contributed by atoms with Crippen molar-refractivity contribution in [1.29, 1.82) is 0 Å². The molecule has 0 saturated carbocycles. The summed E-state index contributed by atoms with van der Waals surface area (Å²) in [5.74, 6) is 2.32. The van der Waals surface area contributed by atoms with Crippen molar-refractivity contribution in [2.45, 2.75) is 25.5 Å². The van der Waals surface area contributed by atoms with E-state index in [2.05, 4.69) is 30.0 Å². The van der Waals surface area contributed by atoms with Crippen molar-refractivity contribution in [1.82, 2.24) is 24.6 Å². The highest BCUT2D eigenvalue weighted by Crippen LogP contribution is 2.33. The Balaban J connectivity index is 1.34. The van der Waals surface area contributed by atoms with Gasteiger partial charge in [0.25, 0.3) is 0 Å². The van der Waals surface area contributed by atoms with Gasteiger partial charge >= 0.3 is 0 Å². The lowest BCUT2D eigenvalue weighted by atomic mass is 9.94. The van der Waals surface area contributed by atoms with Crippen molar-refractivity contribution >= 4 is 5.82 Å². The fourth-order valence-corrected chi connectivity index (χ4v) is 3.89. The van der Waals surface area contributed by atoms with Crippen molar-refractivity contribution in [2.24, 2.45) is 13.0 Å². The minimum absolute atomic E-state index is 0.229. The summed E-state index contributed by atoms with van der Waals surface area (Å²) in [5, 5.41) is 11.7. The summed E-state index contributed by atoms with van der Waals surface area (Å²) in [6, 6.07) is 3.94. The highest BCUT2D eigenvalue weighted by Gasteiger charge is 2.43. The smallest absolute Gasteiger partial charge is 0.148 e. The van der Waals surface area contributed by atoms with E-state index in [0.29, 0.717) is 12.5 Å². The number of rotatable bonds is 5. The van der Waals surface area contributed by atoms with Crippen LogP contribution in [0.25, 0.3) is 0 Å². The summed E-state index contributed by atoms with van der Waals surface area (Å²) in [7, 11) is 2.04. The van der Waals surface area contributed by atoms with E-state index in [4.69, 9.17) is 9.47 Å². The molecule has 2 aromatic rings. The maximum atomic E-state index is 6.29. The molecule has 4 rings (SSSR count). The fourth-order valence-electron chi connectivity index (χ4n) is 3.89. The molecular formula is C19H28N6O2. The standard InChI is InChI=1S/C19H28N6O2/c1-15-3-4-17(23-22-15)21-10-16-9-19(27-12-16)13-25(7-8-26-14-19)11-18-20-5-6-24(18)2/h3-6,16H,7-14H2,1-2H3,(H,21,23)/t16-,19-/m1/s1. The third-order valence-electron chi connectivity index (χ3n) is 5.37. The predicted octanol–water partition coefficient (Wildman–Crippen LogP) is 1.24. The number of nitrogens with zero attached hydrogens (tertiary/aromatic N) is 5. The summed E-state index contributed by atoms with van der Waals surface area (Å²) in [5.41, 5.74) is 0.694. The predicted molar refractivity (Wildman–Crippen MR) is 101 cm³/mol. The first-order valence-corrected chi connectivity index (χ1v) is 9.56. The number of anilines is 1. The first-order valence-electron chi connectivity index (χ1n) is 9.56. The van der Waals surface area contributed by atoms with Gasteiger partial charge in [0.1, 0.15) is 17.2 Å². The summed E-state index contributed by atoms with van der Waals surface area (Å²) >= 11 is 0. The summed E-state index contributed by atoms with van der Waals surface area (Å²) in [6.07, 6.45) is 4.82. The molecule has 2 aliphatic rings. The molecular weight excluding hydrogens is 344 g/mol. The Morgan fingerprint density at radius 2 is 2.26 bits per heavy atom. The minimum Gasteiger partial charge on any atom is -0.377 e. The lowest BCUT2D eigenvalue weighted by Gasteiger charge is -2.31. The Morgan fingerprint density at radius 3 is 3.04 bits per heavy atom. The maximum Gasteiger partial charge on any atom is 0.148 e. The van der Waals surface area contributed by atoms with Gasteiger partial charge in [-0.2, -0.15) is 5.10 Å². The van der Waals surface area contributed by atoms with Crippen LogP contribution in [0.15, 0.2) is 24.5 Å². The van der Waals surface area contributed by atoms with E-state index < -0.39 is 0 Å². The number of aromatic nitrogens is 4. The lowest BCUT2D eigenvalue weighted by Crippen LogP contribution is -2.44. The topological polar surface area (TPSA) is 77.3 Å². The Morgan fingerprint density at radius 1 is 1.33 bits per heavy atom. The zero-order valence-electron chi connectivity index (χ0n) is 16.1. The van der Waals surface area contributed by atoms with Crippen molar-refractivity contribution in [2.75, 3.05) is 44.8 Å². The van der Waals surface area contributed by atoms with Crippen LogP contribution in [0.4, 0.5) is 5.82 Å². The number of hydrogen-bond donors (Lipinski definition) is 1. The van der Waals surface area contributed by atoms with Gasteiger partial charge in [-0.3, -0.25) is 4.90 Å². The zero-order valence-corrected chi connectivity index (χ0v) is 16.1. The van der Waals surface area contributed by atoms with Crippen LogP contribution >= 0.6 is 0 Å². The molecule has 8 nitrogen and oxygen atoms in total. The monoisotopic (exact) mass is 372 g/mol. The molecule has 27 heavy (non-hydrogen) atoms. The second-order valence-electron chi connectivity index (χ2n) is 7.72. The van der Waals surface area contributed by atoms with Crippen LogP contribution in [0.2, 0.25) is 0 Å². The quantitative estimate of drug-likeness (QED) is 0.846. The highest BCUT2D eigenvalue weighted by atomic mass is 16.5. The highest BCUT2D eigenvalue weighted by molar-refractivity contribution is 5.32. The van der Waals surface area contributed by atoms with Gasteiger partial charge in [0.15, 0.2) is 0 Å². The number of nitrogens with one attached hydrogen (secondary N) is 1. The van der Waals surface area contributed by atoms with Crippen LogP contribution in [-0.4, -0.2) is 69.7 Å². The Kier molecular flexibility index (Phi) is 5.38. The van der Waals surface area contributed by atoms with Crippen LogP contribution in [0.5, 0.6) is 0 Å². The van der Waals surface area contributed by atoms with E-state index in [9.17, 15) is 0 Å². The van der Waals surface area contributed by atoms with Crippen LogP contribution in [0.1, 0.15) is 17.9 Å². The zero-order chi connectivity index (χ0) is 18.7. The number of ether oxygens (including phenoxy) is 2. The van der Waals surface area contributed by atoms with Crippen LogP contribution in [-0.2, 0) is 23.1 Å². The minimum atomic E-state index is -0.229. The molecule has 146 valence electrons. The molecule has 2 atom stereocenters. The molecule has 2 fully saturated rings. The van der Waals surface area contributed by atoms with Gasteiger partial charge in [0, 0.05) is 45.0 Å². The number of hydrogen-bond acceptors (Lipinski definition) is 7. The molecule has 0 amide bonds. The molecule has 0 aromatic carbocycles. The van der Waals surface area contributed by atoms with Crippen molar-refractivity contribution in [3.8, 4) is 0 Å². The third-order valence-corrected chi connectivity index (χ3v) is 5.37. The summed E-state index contributed by atoms with van der Waals surface area (Å²) in [4.78, 5) is 6.86. The van der Waals surface area contributed by atoms with Gasteiger partial charge in [0.2, 0.25) is 0 Å². The van der Waals surface area contributed by atoms with Gasteiger partial charge in [0.05, 0.1) is 32.1 Å². The van der Waals surface area contributed by atoms with Crippen molar-refractivity contribution < 1.29 is 9.47 Å². The number of imidazole rings is 1. The first kappa shape index (κ1) is 18.3. The molecule has 8 heteroatoms. The lowest BCUT2D eigenvalue weighted by molar-refractivity contribution is -0.0564. The molecule has 1 spiro atoms. The normalized spacial score (nSPS) is 26.4. The van der Waals surface area contributed by atoms with Gasteiger partial charge < -0.3 is 19.4 Å². The molecule has 0 aliphatic carbocycles. The maximum absolute atomic E-state index is 6.29. The van der Waals surface area contributed by atoms with E-state index in [0.717, 1.165) is 63.1 Å². The Hall–Kier alpha value is -2.03. The fraction of sp³-hybridized carbons (Fsp3) is 0.632. The van der Waals surface area contributed by atoms with Gasteiger partial charge in [-0.05, 0) is 25.5 Å². The third kappa shape index (κ3) is 4.45. The Bertz CT molecular complexity index is 749. The van der Waals surface area contributed by atoms with Crippen LogP contribution in [0, 0.1) is 12.8 Å². The molecule has 2 aromatic heterocycles. The average Bonchev–Trinajstić information content (AvgIpc) is 3.18. The van der Waals surface area contributed by atoms with E-state index in [1.807, 2.05) is 38.5 Å². The van der Waals surface area contributed by atoms with E-state index in [1.165, 1.54) is 0 Å². The second-order valence-corrected chi connectivity index (χ2v) is 7.72. The van der Waals surface area contributed by atoms with Gasteiger partial charge in [-0.15, -0.1) is 5.10 Å². The summed E-state index contributed by atoms with van der Waals surface area (Å²) < 4.78 is 14.3. The molecule has 2 saturated heterocycles. The average molecular weight is 372 g/mol. The van der Waals surface area contributed by atoms with Gasteiger partial charge in [-0.1, -0.05) is 0 Å². The molecule has 0 radical (unpaired) electrons. The Labute approximate surface area is 159 Å². The van der Waals surface area contributed by atoms with E-state index in [1.54, 1.807) is 0 Å². The molecule has 2 aliphatic heterocycles. The van der Waals surface area contributed by atoms with Gasteiger partial charge in [-0.25, -0.2) is 4.98 Å². The van der Waals surface area contributed by atoms with Crippen molar-refractivity contribution in [3.05, 3.63) is 36.0 Å². The first-order chi connectivity index (χ1) is 13.1. The second kappa shape index (κ2) is 7.92. The van der Waals surface area contributed by atoms with Crippen LogP contribution < -0.4 is 5.32 Å². The van der Waals surface area contributed by atoms with E-state index in [-0.39, 0.29) is 5.60 Å². The SMILES string of the molecule is Cc1ccc(NC[C@@H]2CO[C@]3(COCCN(Cc4nccn4C)C3)C2)nn1. The number of aryl methyl sites for hydroxylation is 2. The van der Waals surface area contributed by atoms with E-state index >= 15 is 0 Å². The van der Waals surface area contributed by atoms with Crippen LogP contribution in [0.3, 0.4) is 0 Å². The largest absolute Gasteiger partial charge is 0.377 e.